The van der Waals surface area contributed by atoms with Crippen LogP contribution in [0.2, 0.25) is 0 Å². The second-order valence-electron chi connectivity index (χ2n) is 4.21. The first kappa shape index (κ1) is 10.0. The molecule has 0 radical (unpaired) electrons. The summed E-state index contributed by atoms with van der Waals surface area (Å²) in [4.78, 5) is 12.0. The third kappa shape index (κ3) is 1.60. The Balaban J connectivity index is 2.34. The normalized spacial score (nSPS) is 10.9. The van der Waals surface area contributed by atoms with E-state index in [4.69, 9.17) is 0 Å². The Kier molecular flexibility index (Phi) is 2.18. The molecule has 0 fully saturated rings. The molecule has 0 spiro atoms. The number of hydrogen-bond donors (Lipinski definition) is 1. The highest BCUT2D eigenvalue weighted by atomic mass is 14.9. The molecule has 2 aromatic heterocycles. The second-order valence-corrected chi connectivity index (χ2v) is 4.21. The van der Waals surface area contributed by atoms with Crippen LogP contribution in [0.15, 0.2) is 36.7 Å². The van der Waals surface area contributed by atoms with Crippen LogP contribution in [0.4, 0.5) is 0 Å². The summed E-state index contributed by atoms with van der Waals surface area (Å²) in [6, 6.07) is 8.28. The molecular weight excluding hydrogens is 210 g/mol. The van der Waals surface area contributed by atoms with Gasteiger partial charge in [-0.3, -0.25) is 4.98 Å². The van der Waals surface area contributed by atoms with Crippen LogP contribution in [0.1, 0.15) is 11.4 Å². The number of rotatable bonds is 1. The highest BCUT2D eigenvalue weighted by Crippen LogP contribution is 2.28. The summed E-state index contributed by atoms with van der Waals surface area (Å²) < 4.78 is 0. The van der Waals surface area contributed by atoms with Crippen LogP contribution in [0.25, 0.3) is 22.2 Å². The van der Waals surface area contributed by atoms with Gasteiger partial charge in [-0.2, -0.15) is 0 Å². The van der Waals surface area contributed by atoms with E-state index in [0.717, 1.165) is 28.0 Å². The highest BCUT2D eigenvalue weighted by Gasteiger charge is 2.07. The fourth-order valence-electron chi connectivity index (χ4n) is 2.11. The Morgan fingerprint density at radius 3 is 2.71 bits per heavy atom. The van der Waals surface area contributed by atoms with Crippen molar-refractivity contribution in [1.82, 2.24) is 15.0 Å². The Morgan fingerprint density at radius 2 is 1.94 bits per heavy atom. The van der Waals surface area contributed by atoms with Crippen molar-refractivity contribution in [1.29, 1.82) is 0 Å². The topological polar surface area (TPSA) is 41.6 Å². The van der Waals surface area contributed by atoms with Crippen LogP contribution in [0, 0.1) is 13.8 Å². The molecule has 0 aliphatic rings. The average molecular weight is 223 g/mol. The molecule has 0 aliphatic heterocycles. The molecule has 0 unspecified atom stereocenters. The summed E-state index contributed by atoms with van der Waals surface area (Å²) in [5.41, 5.74) is 4.44. The molecule has 3 aromatic rings. The molecular formula is C14H13N3. The molecule has 84 valence electrons. The van der Waals surface area contributed by atoms with Gasteiger partial charge in [0.2, 0.25) is 0 Å². The van der Waals surface area contributed by atoms with Crippen LogP contribution < -0.4 is 0 Å². The maximum atomic E-state index is 4.44. The van der Waals surface area contributed by atoms with E-state index in [1.807, 2.05) is 25.4 Å². The van der Waals surface area contributed by atoms with Gasteiger partial charge in [0.1, 0.15) is 5.82 Å². The lowest BCUT2D eigenvalue weighted by Gasteiger charge is -2.06. The van der Waals surface area contributed by atoms with Gasteiger partial charge in [0.25, 0.3) is 0 Å². The van der Waals surface area contributed by atoms with Gasteiger partial charge in [0.05, 0.1) is 17.4 Å². The molecule has 3 heteroatoms. The van der Waals surface area contributed by atoms with Crippen molar-refractivity contribution in [2.75, 3.05) is 0 Å². The van der Waals surface area contributed by atoms with Crippen LogP contribution in [-0.4, -0.2) is 15.0 Å². The van der Waals surface area contributed by atoms with E-state index in [1.165, 1.54) is 5.56 Å². The SMILES string of the molecule is Cc1ncc(-c2ccc(C)c3ncccc23)[nH]1. The predicted octanol–water partition coefficient (Wildman–Crippen LogP) is 3.24. The molecule has 1 N–H and O–H groups in total. The number of H-pyrrole nitrogens is 1. The standard InChI is InChI=1S/C14H13N3/c1-9-5-6-11(13-8-16-10(2)17-13)12-4-3-7-15-14(9)12/h3-8H,1-2H3,(H,16,17). The van der Waals surface area contributed by atoms with Crippen molar-refractivity contribution in [2.45, 2.75) is 13.8 Å². The molecule has 3 nitrogen and oxygen atoms in total. The smallest absolute Gasteiger partial charge is 0.103 e. The van der Waals surface area contributed by atoms with E-state index in [0.29, 0.717) is 0 Å². The van der Waals surface area contributed by atoms with Crippen LogP contribution in [-0.2, 0) is 0 Å². The summed E-state index contributed by atoms with van der Waals surface area (Å²) in [5, 5.41) is 1.16. The highest BCUT2D eigenvalue weighted by molar-refractivity contribution is 5.95. The second kappa shape index (κ2) is 3.70. The van der Waals surface area contributed by atoms with Gasteiger partial charge < -0.3 is 4.98 Å². The maximum absolute atomic E-state index is 4.44. The van der Waals surface area contributed by atoms with Crippen molar-refractivity contribution < 1.29 is 0 Å². The molecule has 0 saturated heterocycles. The van der Waals surface area contributed by atoms with Gasteiger partial charge in [0, 0.05) is 17.1 Å². The molecule has 2 heterocycles. The lowest BCUT2D eigenvalue weighted by molar-refractivity contribution is 1.15. The van der Waals surface area contributed by atoms with Crippen molar-refractivity contribution in [2.24, 2.45) is 0 Å². The maximum Gasteiger partial charge on any atom is 0.103 e. The van der Waals surface area contributed by atoms with Crippen molar-refractivity contribution in [3.05, 3.63) is 48.0 Å². The number of aromatic amines is 1. The first-order chi connectivity index (χ1) is 8.25. The number of pyridine rings is 1. The summed E-state index contributed by atoms with van der Waals surface area (Å²) in [6.45, 7) is 4.04. The van der Waals surface area contributed by atoms with Crippen LogP contribution in [0.3, 0.4) is 0 Å². The fourth-order valence-corrected chi connectivity index (χ4v) is 2.11. The molecule has 0 atom stereocenters. The molecule has 1 aromatic carbocycles. The summed E-state index contributed by atoms with van der Waals surface area (Å²) in [7, 11) is 0. The summed E-state index contributed by atoms with van der Waals surface area (Å²) in [5.74, 6) is 0.928. The predicted molar refractivity (Wildman–Crippen MR) is 68.8 cm³/mol. The van der Waals surface area contributed by atoms with E-state index in [9.17, 15) is 0 Å². The minimum absolute atomic E-state index is 0.928. The molecule has 0 aliphatic carbocycles. The first-order valence-electron chi connectivity index (χ1n) is 5.62. The third-order valence-electron chi connectivity index (χ3n) is 2.96. The number of aromatic nitrogens is 3. The number of imidazole rings is 1. The van der Waals surface area contributed by atoms with Gasteiger partial charge in [-0.15, -0.1) is 0 Å². The van der Waals surface area contributed by atoms with Crippen molar-refractivity contribution >= 4 is 10.9 Å². The number of aryl methyl sites for hydroxylation is 2. The van der Waals surface area contributed by atoms with Gasteiger partial charge in [-0.05, 0) is 25.5 Å². The van der Waals surface area contributed by atoms with E-state index < -0.39 is 0 Å². The van der Waals surface area contributed by atoms with Gasteiger partial charge in [-0.1, -0.05) is 18.2 Å². The van der Waals surface area contributed by atoms with E-state index in [-0.39, 0.29) is 0 Å². The monoisotopic (exact) mass is 223 g/mol. The number of nitrogens with one attached hydrogen (secondary N) is 1. The largest absolute Gasteiger partial charge is 0.342 e. The van der Waals surface area contributed by atoms with Gasteiger partial charge >= 0.3 is 0 Å². The zero-order valence-corrected chi connectivity index (χ0v) is 9.86. The van der Waals surface area contributed by atoms with Crippen molar-refractivity contribution in [3.63, 3.8) is 0 Å². The Morgan fingerprint density at radius 1 is 1.06 bits per heavy atom. The van der Waals surface area contributed by atoms with E-state index in [2.05, 4.69) is 40.1 Å². The van der Waals surface area contributed by atoms with Gasteiger partial charge in [-0.25, -0.2) is 4.98 Å². The van der Waals surface area contributed by atoms with Gasteiger partial charge in [0.15, 0.2) is 0 Å². The molecule has 17 heavy (non-hydrogen) atoms. The summed E-state index contributed by atoms with van der Waals surface area (Å²) in [6.07, 6.45) is 3.70. The van der Waals surface area contributed by atoms with Crippen molar-refractivity contribution in [3.8, 4) is 11.3 Å². The molecule has 3 rings (SSSR count). The van der Waals surface area contributed by atoms with E-state index in [1.54, 1.807) is 0 Å². The Labute approximate surface area is 99.5 Å². The molecule has 0 amide bonds. The number of hydrogen-bond acceptors (Lipinski definition) is 2. The lowest BCUT2D eigenvalue weighted by atomic mass is 10.0. The number of fused-ring (bicyclic) bond motifs is 1. The summed E-state index contributed by atoms with van der Waals surface area (Å²) >= 11 is 0. The van der Waals surface area contributed by atoms with Crippen LogP contribution >= 0.6 is 0 Å². The zero-order chi connectivity index (χ0) is 11.8. The minimum atomic E-state index is 0.928. The third-order valence-corrected chi connectivity index (χ3v) is 2.96. The average Bonchev–Trinajstić information content (AvgIpc) is 2.77. The van der Waals surface area contributed by atoms with E-state index >= 15 is 0 Å². The lowest BCUT2D eigenvalue weighted by Crippen LogP contribution is -1.87. The Hall–Kier alpha value is -2.16. The molecule has 0 bridgehead atoms. The zero-order valence-electron chi connectivity index (χ0n) is 9.86. The van der Waals surface area contributed by atoms with Crippen LogP contribution in [0.5, 0.6) is 0 Å². The number of nitrogens with zero attached hydrogens (tertiary/aromatic N) is 2. The molecule has 0 saturated carbocycles. The Bertz CT molecular complexity index is 683. The quantitative estimate of drug-likeness (QED) is 0.688. The number of benzene rings is 1. The minimum Gasteiger partial charge on any atom is -0.342 e. The first-order valence-corrected chi connectivity index (χ1v) is 5.62. The fraction of sp³-hybridized carbons (Fsp3) is 0.143.